The molecule has 1 aromatic rings. The molecule has 2 atom stereocenters. The van der Waals surface area contributed by atoms with E-state index in [1.54, 1.807) is 6.07 Å². The number of nitrogens with one attached hydrogen (secondary N) is 1. The fourth-order valence-electron chi connectivity index (χ4n) is 2.84. The first kappa shape index (κ1) is 19.2. The number of unbranched alkanes of at least 4 members (excludes halogenated alkanes) is 1. The number of amides is 1. The van der Waals surface area contributed by atoms with Gasteiger partial charge in [0.15, 0.2) is 0 Å². The topological polar surface area (TPSA) is 64.3 Å². The lowest BCUT2D eigenvalue weighted by molar-refractivity contribution is -0.116. The molecule has 0 radical (unpaired) electrons. The number of halogens is 2. The zero-order valence-electron chi connectivity index (χ0n) is 14.8. The van der Waals surface area contributed by atoms with Crippen molar-refractivity contribution >= 4 is 17.3 Å². The first-order valence-corrected chi connectivity index (χ1v) is 8.56. The van der Waals surface area contributed by atoms with Crippen molar-refractivity contribution in [2.24, 2.45) is 11.8 Å². The highest BCUT2D eigenvalue weighted by Gasteiger charge is 2.37. The molecule has 0 bridgehead atoms. The predicted octanol–water partition coefficient (Wildman–Crippen LogP) is 4.62. The van der Waals surface area contributed by atoms with E-state index in [0.717, 1.165) is 18.8 Å². The van der Waals surface area contributed by atoms with Crippen LogP contribution in [-0.2, 0) is 4.79 Å². The van der Waals surface area contributed by atoms with Crippen molar-refractivity contribution in [3.05, 3.63) is 30.4 Å². The van der Waals surface area contributed by atoms with Crippen molar-refractivity contribution in [2.75, 3.05) is 18.2 Å². The Labute approximate surface area is 147 Å². The molecule has 1 aliphatic rings. The lowest BCUT2D eigenvalue weighted by atomic mass is 10.0. The summed E-state index contributed by atoms with van der Waals surface area (Å²) in [5.74, 6) is -2.27. The fourth-order valence-corrected chi connectivity index (χ4v) is 2.84. The summed E-state index contributed by atoms with van der Waals surface area (Å²) in [6.07, 6.45) is 2.95. The lowest BCUT2D eigenvalue weighted by Crippen LogP contribution is -2.29. The molecular formula is C19H26F2N2O2. The SMILES string of the molecule is C=C(C(=O)Nc1cc(OC)ccc1N)C(F)(F)CCCC[C@@H]1CC1C. The zero-order valence-corrected chi connectivity index (χ0v) is 14.8. The van der Waals surface area contributed by atoms with Gasteiger partial charge in [0, 0.05) is 12.5 Å². The molecule has 1 unspecified atom stereocenters. The van der Waals surface area contributed by atoms with Crippen LogP contribution in [0, 0.1) is 11.8 Å². The van der Waals surface area contributed by atoms with Gasteiger partial charge in [-0.05, 0) is 36.8 Å². The smallest absolute Gasteiger partial charge is 0.277 e. The number of alkyl halides is 2. The number of carbonyl (C=O) groups excluding carboxylic acids is 1. The average molecular weight is 352 g/mol. The Hall–Kier alpha value is -2.11. The van der Waals surface area contributed by atoms with E-state index in [1.807, 2.05) is 0 Å². The average Bonchev–Trinajstić information content (AvgIpc) is 3.28. The maximum Gasteiger partial charge on any atom is 0.277 e. The third-order valence-corrected chi connectivity index (χ3v) is 4.82. The summed E-state index contributed by atoms with van der Waals surface area (Å²) >= 11 is 0. The van der Waals surface area contributed by atoms with Crippen molar-refractivity contribution in [3.8, 4) is 5.75 Å². The molecule has 1 amide bonds. The van der Waals surface area contributed by atoms with E-state index in [1.165, 1.54) is 25.7 Å². The second-order valence-corrected chi connectivity index (χ2v) is 6.81. The number of carbonyl (C=O) groups is 1. The van der Waals surface area contributed by atoms with Gasteiger partial charge in [-0.3, -0.25) is 4.79 Å². The molecule has 0 spiro atoms. The summed E-state index contributed by atoms with van der Waals surface area (Å²) in [5, 5.41) is 2.39. The van der Waals surface area contributed by atoms with Gasteiger partial charge >= 0.3 is 0 Å². The summed E-state index contributed by atoms with van der Waals surface area (Å²) in [4.78, 5) is 12.1. The molecule has 0 saturated heterocycles. The van der Waals surface area contributed by atoms with E-state index in [-0.39, 0.29) is 17.8 Å². The highest BCUT2D eigenvalue weighted by Crippen LogP contribution is 2.42. The Morgan fingerprint density at radius 2 is 2.12 bits per heavy atom. The molecule has 0 aromatic heterocycles. The van der Waals surface area contributed by atoms with Crippen LogP contribution in [0.25, 0.3) is 0 Å². The number of nitrogens with two attached hydrogens (primary N) is 1. The standard InChI is InChI=1S/C19H26F2N2O2/c1-12-10-14(12)6-4-5-9-19(20,21)13(2)18(24)23-17-11-15(25-3)7-8-16(17)22/h7-8,11-12,14H,2,4-6,9-10,22H2,1,3H3,(H,23,24)/t12?,14-/m1/s1. The van der Waals surface area contributed by atoms with Crippen molar-refractivity contribution in [1.82, 2.24) is 0 Å². The fraction of sp³-hybridized carbons (Fsp3) is 0.526. The minimum absolute atomic E-state index is 0.226. The molecule has 1 fully saturated rings. The van der Waals surface area contributed by atoms with Crippen LogP contribution < -0.4 is 15.8 Å². The number of methoxy groups -OCH3 is 1. The van der Waals surface area contributed by atoms with Gasteiger partial charge in [0.05, 0.1) is 24.1 Å². The monoisotopic (exact) mass is 352 g/mol. The molecular weight excluding hydrogens is 326 g/mol. The van der Waals surface area contributed by atoms with Crippen molar-refractivity contribution in [1.29, 1.82) is 0 Å². The number of nitrogen functional groups attached to an aromatic ring is 1. The summed E-state index contributed by atoms with van der Waals surface area (Å²) in [6.45, 7) is 5.48. The van der Waals surface area contributed by atoms with Crippen LogP contribution in [-0.4, -0.2) is 18.9 Å². The van der Waals surface area contributed by atoms with Gasteiger partial charge < -0.3 is 15.8 Å². The Bertz CT molecular complexity index is 646. The molecule has 6 heteroatoms. The summed E-state index contributed by atoms with van der Waals surface area (Å²) in [6, 6.07) is 4.64. The number of hydrogen-bond donors (Lipinski definition) is 2. The minimum Gasteiger partial charge on any atom is -0.497 e. The van der Waals surface area contributed by atoms with Gasteiger partial charge in [-0.2, -0.15) is 0 Å². The Balaban J connectivity index is 1.87. The summed E-state index contributed by atoms with van der Waals surface area (Å²) in [5.41, 5.74) is 5.51. The van der Waals surface area contributed by atoms with E-state index >= 15 is 0 Å². The van der Waals surface area contributed by atoms with Crippen LogP contribution in [0.3, 0.4) is 0 Å². The van der Waals surface area contributed by atoms with E-state index < -0.39 is 17.4 Å². The van der Waals surface area contributed by atoms with Crippen molar-refractivity contribution in [2.45, 2.75) is 45.0 Å². The Kier molecular flexibility index (Phi) is 6.03. The number of ether oxygens (including phenoxy) is 1. The molecule has 25 heavy (non-hydrogen) atoms. The molecule has 0 aliphatic heterocycles. The lowest BCUT2D eigenvalue weighted by Gasteiger charge is -2.19. The molecule has 1 saturated carbocycles. The number of hydrogen-bond acceptors (Lipinski definition) is 3. The van der Waals surface area contributed by atoms with Gasteiger partial charge in [0.25, 0.3) is 11.8 Å². The number of benzene rings is 1. The number of rotatable bonds is 9. The molecule has 0 heterocycles. The molecule has 3 N–H and O–H groups in total. The van der Waals surface area contributed by atoms with E-state index in [2.05, 4.69) is 18.8 Å². The van der Waals surface area contributed by atoms with Crippen molar-refractivity contribution < 1.29 is 18.3 Å². The van der Waals surface area contributed by atoms with Crippen LogP contribution in [0.5, 0.6) is 5.75 Å². The highest BCUT2D eigenvalue weighted by molar-refractivity contribution is 6.06. The second kappa shape index (κ2) is 7.85. The van der Waals surface area contributed by atoms with Crippen LogP contribution in [0.1, 0.15) is 39.0 Å². The third kappa shape index (κ3) is 5.18. The quantitative estimate of drug-likeness (QED) is 0.387. The Morgan fingerprint density at radius 3 is 2.72 bits per heavy atom. The summed E-state index contributed by atoms with van der Waals surface area (Å²) in [7, 11) is 1.46. The largest absolute Gasteiger partial charge is 0.497 e. The highest BCUT2D eigenvalue weighted by atomic mass is 19.3. The molecule has 1 aromatic carbocycles. The first-order chi connectivity index (χ1) is 11.7. The maximum atomic E-state index is 14.2. The van der Waals surface area contributed by atoms with E-state index in [9.17, 15) is 13.6 Å². The van der Waals surface area contributed by atoms with Crippen LogP contribution >= 0.6 is 0 Å². The van der Waals surface area contributed by atoms with Gasteiger partial charge in [0.1, 0.15) is 5.75 Å². The molecule has 2 rings (SSSR count). The van der Waals surface area contributed by atoms with Gasteiger partial charge in [-0.15, -0.1) is 0 Å². The Morgan fingerprint density at radius 1 is 1.44 bits per heavy atom. The molecule has 1 aliphatic carbocycles. The van der Waals surface area contributed by atoms with Crippen molar-refractivity contribution in [3.63, 3.8) is 0 Å². The van der Waals surface area contributed by atoms with Crippen LogP contribution in [0.4, 0.5) is 20.2 Å². The third-order valence-electron chi connectivity index (χ3n) is 4.82. The number of anilines is 2. The second-order valence-electron chi connectivity index (χ2n) is 6.81. The normalized spacial score (nSPS) is 19.4. The van der Waals surface area contributed by atoms with Gasteiger partial charge in [-0.1, -0.05) is 26.3 Å². The van der Waals surface area contributed by atoms with Crippen LogP contribution in [0.2, 0.25) is 0 Å². The van der Waals surface area contributed by atoms with E-state index in [0.29, 0.717) is 18.1 Å². The molecule has 138 valence electrons. The van der Waals surface area contributed by atoms with E-state index in [4.69, 9.17) is 10.5 Å². The van der Waals surface area contributed by atoms with Gasteiger partial charge in [-0.25, -0.2) is 8.78 Å². The first-order valence-electron chi connectivity index (χ1n) is 8.56. The predicted molar refractivity (Wildman–Crippen MR) is 95.9 cm³/mol. The van der Waals surface area contributed by atoms with Gasteiger partial charge in [0.2, 0.25) is 0 Å². The zero-order chi connectivity index (χ0) is 18.6. The van der Waals surface area contributed by atoms with Crippen LogP contribution in [0.15, 0.2) is 30.4 Å². The maximum absolute atomic E-state index is 14.2. The minimum atomic E-state index is -3.23. The molecule has 4 nitrogen and oxygen atoms in total. The summed E-state index contributed by atoms with van der Waals surface area (Å²) < 4.78 is 33.5.